The molecule has 0 radical (unpaired) electrons. The van der Waals surface area contributed by atoms with E-state index in [0.29, 0.717) is 0 Å². The molecular formula is C11H4Cl4O3. The molecule has 0 amide bonds. The third-order valence-corrected chi connectivity index (χ3v) is 3.75. The zero-order valence-corrected chi connectivity index (χ0v) is 11.5. The van der Waals surface area contributed by atoms with Crippen LogP contribution in [0.5, 0.6) is 0 Å². The first-order chi connectivity index (χ1) is 8.41. The van der Waals surface area contributed by atoms with Crippen LogP contribution in [0.15, 0.2) is 22.6 Å². The molecule has 94 valence electrons. The van der Waals surface area contributed by atoms with Crippen LogP contribution in [-0.2, 0) is 0 Å². The van der Waals surface area contributed by atoms with Crippen LogP contribution < -0.4 is 0 Å². The van der Waals surface area contributed by atoms with E-state index in [-0.39, 0.29) is 37.2 Å². The summed E-state index contributed by atoms with van der Waals surface area (Å²) >= 11 is 23.8. The van der Waals surface area contributed by atoms with Gasteiger partial charge in [-0.15, -0.1) is 0 Å². The predicted octanol–water partition coefficient (Wildman–Crippen LogP) is 5.26. The van der Waals surface area contributed by atoms with Crippen LogP contribution in [-0.4, -0.2) is 11.1 Å². The molecule has 1 N–H and O–H groups in total. The van der Waals surface area contributed by atoms with Crippen molar-refractivity contribution in [2.24, 2.45) is 0 Å². The highest BCUT2D eigenvalue weighted by Crippen LogP contribution is 2.43. The van der Waals surface area contributed by atoms with Gasteiger partial charge < -0.3 is 9.52 Å². The molecule has 0 spiro atoms. The van der Waals surface area contributed by atoms with E-state index >= 15 is 0 Å². The molecule has 0 atom stereocenters. The number of carboxylic acids is 1. The third kappa shape index (κ3) is 2.31. The first kappa shape index (κ1) is 13.6. The summed E-state index contributed by atoms with van der Waals surface area (Å²) in [5.74, 6) is -1.23. The molecule has 3 nitrogen and oxygen atoms in total. The Bertz CT molecular complexity index is 607. The second kappa shape index (κ2) is 5.02. The van der Waals surface area contributed by atoms with Crippen LogP contribution in [0.25, 0.3) is 11.3 Å². The Morgan fingerprint density at radius 1 is 1.06 bits per heavy atom. The Hall–Kier alpha value is -0.870. The molecule has 0 fully saturated rings. The summed E-state index contributed by atoms with van der Waals surface area (Å²) in [5, 5.41) is 9.49. The fraction of sp³-hybridized carbons (Fsp3) is 0. The van der Waals surface area contributed by atoms with E-state index in [4.69, 9.17) is 55.9 Å². The summed E-state index contributed by atoms with van der Waals surface area (Å²) in [7, 11) is 0. The van der Waals surface area contributed by atoms with Crippen molar-refractivity contribution < 1.29 is 14.3 Å². The van der Waals surface area contributed by atoms with Crippen molar-refractivity contribution in [2.75, 3.05) is 0 Å². The zero-order valence-electron chi connectivity index (χ0n) is 8.51. The second-order valence-corrected chi connectivity index (χ2v) is 4.88. The number of benzene rings is 1. The number of aromatic carboxylic acids is 1. The third-order valence-electron chi connectivity index (χ3n) is 2.17. The second-order valence-electron chi connectivity index (χ2n) is 3.31. The van der Waals surface area contributed by atoms with Crippen LogP contribution in [0, 0.1) is 0 Å². The summed E-state index contributed by atoms with van der Waals surface area (Å²) in [6, 6.07) is 4.13. The van der Waals surface area contributed by atoms with Gasteiger partial charge in [0.05, 0.1) is 25.7 Å². The molecule has 18 heavy (non-hydrogen) atoms. The van der Waals surface area contributed by atoms with Crippen LogP contribution in [0.1, 0.15) is 10.6 Å². The van der Waals surface area contributed by atoms with Gasteiger partial charge in [-0.05, 0) is 18.2 Å². The number of hydrogen-bond acceptors (Lipinski definition) is 2. The Balaban J connectivity index is 2.66. The molecule has 2 aromatic rings. The predicted molar refractivity (Wildman–Crippen MR) is 71.1 cm³/mol. The number of rotatable bonds is 2. The van der Waals surface area contributed by atoms with Gasteiger partial charge in [0.15, 0.2) is 0 Å². The number of halogens is 4. The van der Waals surface area contributed by atoms with E-state index < -0.39 is 5.97 Å². The fourth-order valence-electron chi connectivity index (χ4n) is 1.38. The summed E-state index contributed by atoms with van der Waals surface area (Å²) in [6.45, 7) is 0. The highest BCUT2D eigenvalue weighted by Gasteiger charge is 2.19. The number of carboxylic acid groups (broad SMARTS) is 1. The topological polar surface area (TPSA) is 50.4 Å². The lowest BCUT2D eigenvalue weighted by Crippen LogP contribution is -1.91. The van der Waals surface area contributed by atoms with Gasteiger partial charge in [-0.1, -0.05) is 46.4 Å². The first-order valence-electron chi connectivity index (χ1n) is 4.58. The van der Waals surface area contributed by atoms with E-state index in [9.17, 15) is 4.79 Å². The first-order valence-corrected chi connectivity index (χ1v) is 6.09. The fourth-order valence-corrected chi connectivity index (χ4v) is 2.37. The average Bonchev–Trinajstić information content (AvgIpc) is 2.76. The Morgan fingerprint density at radius 2 is 1.61 bits per heavy atom. The van der Waals surface area contributed by atoms with Crippen LogP contribution in [0.3, 0.4) is 0 Å². The molecule has 7 heteroatoms. The van der Waals surface area contributed by atoms with Crippen molar-refractivity contribution in [1.29, 1.82) is 0 Å². The quantitative estimate of drug-likeness (QED) is 0.766. The highest BCUT2D eigenvalue weighted by atomic mass is 35.5. The van der Waals surface area contributed by atoms with Crippen molar-refractivity contribution in [3.63, 3.8) is 0 Å². The van der Waals surface area contributed by atoms with Gasteiger partial charge in [0.25, 0.3) is 0 Å². The molecule has 0 unspecified atom stereocenters. The number of carbonyl (C=O) groups is 1. The molecule has 0 aliphatic heterocycles. The summed E-state index contributed by atoms with van der Waals surface area (Å²) in [5.41, 5.74) is 0.267. The molecular weight excluding hydrogens is 322 g/mol. The van der Waals surface area contributed by atoms with Crippen LogP contribution >= 0.6 is 46.4 Å². The van der Waals surface area contributed by atoms with Crippen molar-refractivity contribution in [1.82, 2.24) is 0 Å². The molecule has 0 saturated heterocycles. The van der Waals surface area contributed by atoms with Crippen molar-refractivity contribution in [3.8, 4) is 11.3 Å². The lowest BCUT2D eigenvalue weighted by molar-refractivity contribution is 0.0663. The Morgan fingerprint density at radius 3 is 2.06 bits per heavy atom. The van der Waals surface area contributed by atoms with E-state index in [1.165, 1.54) is 18.2 Å². The van der Waals surface area contributed by atoms with Gasteiger partial charge in [-0.3, -0.25) is 0 Å². The molecule has 0 aliphatic rings. The van der Waals surface area contributed by atoms with Gasteiger partial charge >= 0.3 is 5.97 Å². The smallest absolute Gasteiger partial charge is 0.371 e. The van der Waals surface area contributed by atoms with E-state index in [1.807, 2.05) is 0 Å². The lowest BCUT2D eigenvalue weighted by Gasteiger charge is -2.07. The monoisotopic (exact) mass is 324 g/mol. The molecule has 0 aliphatic carbocycles. The SMILES string of the molecule is O=C(O)c1ccc(-c2c(Cl)c(Cl)cc(Cl)c2Cl)o1. The summed E-state index contributed by atoms with van der Waals surface area (Å²) < 4.78 is 5.12. The van der Waals surface area contributed by atoms with Gasteiger partial charge in [0.2, 0.25) is 5.76 Å². The van der Waals surface area contributed by atoms with E-state index in [1.54, 1.807) is 0 Å². The van der Waals surface area contributed by atoms with Crippen molar-refractivity contribution >= 4 is 52.4 Å². The van der Waals surface area contributed by atoms with Gasteiger partial charge in [0.1, 0.15) is 5.76 Å². The van der Waals surface area contributed by atoms with E-state index in [0.717, 1.165) is 0 Å². The standard InChI is InChI=1S/C11H4Cl4O3/c12-4-3-5(13)10(15)8(9(4)14)6-1-2-7(18-6)11(16)17/h1-3H,(H,16,17). The maximum Gasteiger partial charge on any atom is 0.371 e. The van der Waals surface area contributed by atoms with Crippen LogP contribution in [0.2, 0.25) is 20.1 Å². The zero-order chi connectivity index (χ0) is 13.4. The lowest BCUT2D eigenvalue weighted by atomic mass is 10.1. The molecule has 2 rings (SSSR count). The maximum atomic E-state index is 10.7. The molecule has 0 saturated carbocycles. The highest BCUT2D eigenvalue weighted by molar-refractivity contribution is 6.50. The number of hydrogen-bond donors (Lipinski definition) is 1. The normalized spacial score (nSPS) is 10.7. The molecule has 1 heterocycles. The van der Waals surface area contributed by atoms with Crippen molar-refractivity contribution in [2.45, 2.75) is 0 Å². The van der Waals surface area contributed by atoms with Crippen LogP contribution in [0.4, 0.5) is 0 Å². The Labute approximate surface area is 122 Å². The molecule has 1 aromatic carbocycles. The largest absolute Gasteiger partial charge is 0.475 e. The minimum Gasteiger partial charge on any atom is -0.475 e. The van der Waals surface area contributed by atoms with Gasteiger partial charge in [-0.2, -0.15) is 0 Å². The van der Waals surface area contributed by atoms with Gasteiger partial charge in [0, 0.05) is 0 Å². The number of furan rings is 1. The maximum absolute atomic E-state index is 10.7. The van der Waals surface area contributed by atoms with Gasteiger partial charge in [-0.25, -0.2) is 4.79 Å². The Kier molecular flexibility index (Phi) is 3.78. The van der Waals surface area contributed by atoms with E-state index in [2.05, 4.69) is 0 Å². The summed E-state index contributed by atoms with van der Waals surface area (Å²) in [6.07, 6.45) is 0. The minimum absolute atomic E-state index is 0.150. The molecule has 1 aromatic heterocycles. The molecule has 0 bridgehead atoms. The van der Waals surface area contributed by atoms with Crippen molar-refractivity contribution in [3.05, 3.63) is 44.0 Å². The minimum atomic E-state index is -1.19. The summed E-state index contributed by atoms with van der Waals surface area (Å²) in [4.78, 5) is 10.7. The average molecular weight is 326 g/mol.